The Kier molecular flexibility index (Phi) is 3.11. The van der Waals surface area contributed by atoms with Gasteiger partial charge in [0.05, 0.1) is 5.97 Å². The summed E-state index contributed by atoms with van der Waals surface area (Å²) in [4.78, 5) is 10.4. The first-order chi connectivity index (χ1) is 4.77. The zero-order valence-electron chi connectivity index (χ0n) is 6.41. The second kappa shape index (κ2) is 3.54. The van der Waals surface area contributed by atoms with Crippen LogP contribution in [0.15, 0.2) is 23.8 Å². The molecule has 0 amide bonds. The molecule has 0 heterocycles. The molecule has 0 aromatic carbocycles. The fourth-order valence-corrected chi connectivity index (χ4v) is 1.66. The molecule has 2 bridgehead atoms. The summed E-state index contributed by atoms with van der Waals surface area (Å²) in [5.41, 5.74) is 0.479. The summed E-state index contributed by atoms with van der Waals surface area (Å²) in [7, 11) is 0. The summed E-state index contributed by atoms with van der Waals surface area (Å²) < 4.78 is 0. The number of hydrogen-bond acceptors (Lipinski definition) is 2. The van der Waals surface area contributed by atoms with E-state index in [0.29, 0.717) is 11.5 Å². The zero-order chi connectivity index (χ0) is 7.14. The third-order valence-corrected chi connectivity index (χ3v) is 2.15. The third-order valence-electron chi connectivity index (χ3n) is 2.15. The molecule has 2 atom stereocenters. The van der Waals surface area contributed by atoms with Crippen LogP contribution in [0, 0.1) is 11.8 Å². The minimum atomic E-state index is -1.00. The minimum absolute atomic E-state index is 0. The average molecular weight is 174 g/mol. The van der Waals surface area contributed by atoms with Gasteiger partial charge in [-0.2, -0.15) is 0 Å². The van der Waals surface area contributed by atoms with Crippen LogP contribution in [0.25, 0.3) is 0 Å². The predicted molar refractivity (Wildman–Crippen MR) is 33.8 cm³/mol. The van der Waals surface area contributed by atoms with Gasteiger partial charge in [0.25, 0.3) is 0 Å². The number of carboxylic acid groups (broad SMARTS) is 1. The van der Waals surface area contributed by atoms with Crippen molar-refractivity contribution in [2.45, 2.75) is 6.42 Å². The van der Waals surface area contributed by atoms with Crippen LogP contribution in [0.1, 0.15) is 6.42 Å². The van der Waals surface area contributed by atoms with Gasteiger partial charge in [-0.05, 0) is 17.9 Å². The van der Waals surface area contributed by atoms with E-state index in [-0.39, 0.29) is 57.3 Å². The number of fused-ring (bicyclic) bond motifs is 2. The molecule has 0 saturated heterocycles. The average Bonchev–Trinajstić information content (AvgIpc) is 2.44. The van der Waals surface area contributed by atoms with Crippen molar-refractivity contribution in [1.29, 1.82) is 0 Å². The van der Waals surface area contributed by atoms with Crippen molar-refractivity contribution in [1.82, 2.24) is 0 Å². The van der Waals surface area contributed by atoms with Crippen molar-refractivity contribution in [2.24, 2.45) is 11.8 Å². The molecule has 2 rings (SSSR count). The van der Waals surface area contributed by atoms with Crippen LogP contribution in [0.2, 0.25) is 0 Å². The SMILES string of the molecule is O=C([O-])C1=CC2C=CC1C2.[K+]. The molecular formula is C8H7KO2. The van der Waals surface area contributed by atoms with E-state index in [9.17, 15) is 9.90 Å². The molecule has 2 nitrogen and oxygen atoms in total. The van der Waals surface area contributed by atoms with Crippen molar-refractivity contribution < 1.29 is 61.3 Å². The first-order valence-corrected chi connectivity index (χ1v) is 3.39. The van der Waals surface area contributed by atoms with E-state index in [4.69, 9.17) is 0 Å². The number of carbonyl (C=O) groups is 1. The molecule has 0 radical (unpaired) electrons. The fraction of sp³-hybridized carbons (Fsp3) is 0.375. The van der Waals surface area contributed by atoms with Crippen molar-refractivity contribution >= 4 is 5.97 Å². The number of rotatable bonds is 1. The summed E-state index contributed by atoms with van der Waals surface area (Å²) in [5.74, 6) is -0.482. The molecule has 11 heavy (non-hydrogen) atoms. The largest absolute Gasteiger partial charge is 1.00 e. The molecule has 0 spiro atoms. The predicted octanol–water partition coefficient (Wildman–Crippen LogP) is -3.13. The molecule has 2 aliphatic carbocycles. The number of hydrogen-bond donors (Lipinski definition) is 0. The Morgan fingerprint density at radius 2 is 2.27 bits per heavy atom. The fourth-order valence-electron chi connectivity index (χ4n) is 1.66. The third kappa shape index (κ3) is 1.67. The topological polar surface area (TPSA) is 40.1 Å². The first kappa shape index (κ1) is 9.67. The second-order valence-electron chi connectivity index (χ2n) is 2.80. The summed E-state index contributed by atoms with van der Waals surface area (Å²) in [5, 5.41) is 10.4. The van der Waals surface area contributed by atoms with E-state index in [1.54, 1.807) is 6.08 Å². The van der Waals surface area contributed by atoms with Crippen molar-refractivity contribution in [2.75, 3.05) is 0 Å². The smallest absolute Gasteiger partial charge is 0.545 e. The van der Waals surface area contributed by atoms with E-state index in [0.717, 1.165) is 6.42 Å². The maximum absolute atomic E-state index is 10.4. The first-order valence-electron chi connectivity index (χ1n) is 3.39. The Labute approximate surface area is 108 Å². The Hall–Kier alpha value is 0.586. The van der Waals surface area contributed by atoms with Crippen LogP contribution < -0.4 is 56.5 Å². The van der Waals surface area contributed by atoms with Gasteiger partial charge >= 0.3 is 51.4 Å². The van der Waals surface area contributed by atoms with Crippen LogP contribution >= 0.6 is 0 Å². The molecule has 0 aromatic heterocycles. The van der Waals surface area contributed by atoms with E-state index in [1.165, 1.54) is 0 Å². The van der Waals surface area contributed by atoms with Gasteiger partial charge in [-0.1, -0.05) is 18.2 Å². The number of allylic oxidation sites excluding steroid dienone is 3. The standard InChI is InChI=1S/C8H8O2.K/c9-8(10)7-4-5-1-2-6(7)3-5;/h1-2,4-6H,3H2,(H,9,10);/q;+1/p-1. The van der Waals surface area contributed by atoms with E-state index < -0.39 is 5.97 Å². The van der Waals surface area contributed by atoms with Crippen LogP contribution in [0.5, 0.6) is 0 Å². The maximum atomic E-state index is 10.4. The molecule has 0 fully saturated rings. The number of carboxylic acids is 1. The number of aliphatic carboxylic acids is 1. The van der Waals surface area contributed by atoms with Crippen LogP contribution in [0.4, 0.5) is 0 Å². The minimum Gasteiger partial charge on any atom is -0.545 e. The maximum Gasteiger partial charge on any atom is 1.00 e. The van der Waals surface area contributed by atoms with Gasteiger partial charge in [0.2, 0.25) is 0 Å². The van der Waals surface area contributed by atoms with Gasteiger partial charge in [0.1, 0.15) is 0 Å². The van der Waals surface area contributed by atoms with Gasteiger partial charge in [0, 0.05) is 5.92 Å². The molecule has 0 N–H and O–H groups in total. The van der Waals surface area contributed by atoms with Crippen molar-refractivity contribution in [3.05, 3.63) is 23.8 Å². The van der Waals surface area contributed by atoms with E-state index in [2.05, 4.69) is 6.08 Å². The normalized spacial score (nSPS) is 31.5. The molecule has 0 aliphatic heterocycles. The van der Waals surface area contributed by atoms with Gasteiger partial charge in [-0.25, -0.2) is 0 Å². The summed E-state index contributed by atoms with van der Waals surface area (Å²) in [6.07, 6.45) is 6.75. The number of carbonyl (C=O) groups excluding carboxylic acids is 1. The van der Waals surface area contributed by atoms with Crippen molar-refractivity contribution in [3.8, 4) is 0 Å². The Bertz CT molecular complexity index is 242. The Morgan fingerprint density at radius 3 is 2.55 bits per heavy atom. The quantitative estimate of drug-likeness (QED) is 0.311. The van der Waals surface area contributed by atoms with Gasteiger partial charge in [-0.15, -0.1) is 0 Å². The van der Waals surface area contributed by atoms with Crippen molar-refractivity contribution in [3.63, 3.8) is 0 Å². The molecule has 2 aliphatic rings. The van der Waals surface area contributed by atoms with Gasteiger partial charge < -0.3 is 9.90 Å². The summed E-state index contributed by atoms with van der Waals surface area (Å²) >= 11 is 0. The Morgan fingerprint density at radius 1 is 1.55 bits per heavy atom. The molecular weight excluding hydrogens is 167 g/mol. The van der Waals surface area contributed by atoms with Crippen LogP contribution in [0.3, 0.4) is 0 Å². The summed E-state index contributed by atoms with van der Waals surface area (Å²) in [6.45, 7) is 0. The van der Waals surface area contributed by atoms with Gasteiger partial charge in [-0.3, -0.25) is 0 Å². The van der Waals surface area contributed by atoms with Crippen LogP contribution in [-0.4, -0.2) is 5.97 Å². The van der Waals surface area contributed by atoms with E-state index in [1.807, 2.05) is 6.08 Å². The van der Waals surface area contributed by atoms with Crippen LogP contribution in [-0.2, 0) is 4.79 Å². The monoisotopic (exact) mass is 174 g/mol. The van der Waals surface area contributed by atoms with Gasteiger partial charge in [0.15, 0.2) is 0 Å². The molecule has 0 aromatic rings. The summed E-state index contributed by atoms with van der Waals surface area (Å²) in [6, 6.07) is 0. The molecule has 2 unspecified atom stereocenters. The zero-order valence-corrected chi connectivity index (χ0v) is 9.53. The second-order valence-corrected chi connectivity index (χ2v) is 2.80. The Balaban J connectivity index is 0.000000605. The molecule has 52 valence electrons. The van der Waals surface area contributed by atoms with E-state index >= 15 is 0 Å². The molecule has 0 saturated carbocycles. The molecule has 3 heteroatoms.